The molecule has 2 heterocycles. The molecule has 18 heavy (non-hydrogen) atoms. The summed E-state index contributed by atoms with van der Waals surface area (Å²) in [6.07, 6.45) is 5.98. The maximum Gasteiger partial charge on any atom is 0.227 e. The Morgan fingerprint density at radius 3 is 2.94 bits per heavy atom. The van der Waals surface area contributed by atoms with E-state index in [-0.39, 0.29) is 5.92 Å². The molecule has 0 aliphatic carbocycles. The van der Waals surface area contributed by atoms with Crippen LogP contribution < -0.4 is 5.32 Å². The van der Waals surface area contributed by atoms with E-state index in [1.54, 1.807) is 0 Å². The maximum absolute atomic E-state index is 12.5. The standard InChI is InChI=1S/C14H26N2OS/c1-2-18-13-7-3-4-9-16(11-13)14(17)12-6-5-8-15-10-12/h12-13,15H,2-11H2,1H3. The first-order chi connectivity index (χ1) is 8.81. The number of piperidine rings is 1. The Balaban J connectivity index is 1.90. The molecule has 2 unspecified atom stereocenters. The van der Waals surface area contributed by atoms with Crippen LogP contribution in [0.25, 0.3) is 0 Å². The summed E-state index contributed by atoms with van der Waals surface area (Å²) in [6, 6.07) is 0. The van der Waals surface area contributed by atoms with E-state index in [2.05, 4.69) is 17.1 Å². The van der Waals surface area contributed by atoms with E-state index in [0.717, 1.165) is 44.8 Å². The van der Waals surface area contributed by atoms with Crippen LogP contribution in [0, 0.1) is 5.92 Å². The number of carbonyl (C=O) groups is 1. The first-order valence-electron chi connectivity index (χ1n) is 7.42. The van der Waals surface area contributed by atoms with Gasteiger partial charge in [0, 0.05) is 24.9 Å². The zero-order valence-corrected chi connectivity index (χ0v) is 12.3. The van der Waals surface area contributed by atoms with Crippen LogP contribution in [-0.2, 0) is 4.79 Å². The average molecular weight is 270 g/mol. The predicted molar refractivity (Wildman–Crippen MR) is 77.9 cm³/mol. The molecule has 3 nitrogen and oxygen atoms in total. The van der Waals surface area contributed by atoms with Gasteiger partial charge in [0.1, 0.15) is 0 Å². The molecule has 2 atom stereocenters. The third-order valence-corrected chi connectivity index (χ3v) is 5.18. The number of nitrogens with zero attached hydrogens (tertiary/aromatic N) is 1. The van der Waals surface area contributed by atoms with Gasteiger partial charge in [-0.05, 0) is 38.0 Å². The smallest absolute Gasteiger partial charge is 0.227 e. The van der Waals surface area contributed by atoms with Crippen molar-refractivity contribution in [2.24, 2.45) is 5.92 Å². The van der Waals surface area contributed by atoms with Gasteiger partial charge in [-0.25, -0.2) is 0 Å². The van der Waals surface area contributed by atoms with Crippen LogP contribution in [0.2, 0.25) is 0 Å². The van der Waals surface area contributed by atoms with E-state index in [4.69, 9.17) is 0 Å². The van der Waals surface area contributed by atoms with E-state index < -0.39 is 0 Å². The first kappa shape index (κ1) is 14.2. The molecule has 4 heteroatoms. The number of rotatable bonds is 3. The Morgan fingerprint density at radius 1 is 1.33 bits per heavy atom. The second-order valence-corrected chi connectivity index (χ2v) is 6.98. The van der Waals surface area contributed by atoms with Crippen molar-refractivity contribution in [3.8, 4) is 0 Å². The normalized spacial score (nSPS) is 29.9. The van der Waals surface area contributed by atoms with Crippen molar-refractivity contribution < 1.29 is 4.79 Å². The van der Waals surface area contributed by atoms with Crippen LogP contribution in [0.1, 0.15) is 39.0 Å². The van der Waals surface area contributed by atoms with Gasteiger partial charge < -0.3 is 10.2 Å². The van der Waals surface area contributed by atoms with Gasteiger partial charge in [-0.2, -0.15) is 11.8 Å². The van der Waals surface area contributed by atoms with Crippen molar-refractivity contribution >= 4 is 17.7 Å². The summed E-state index contributed by atoms with van der Waals surface area (Å²) in [5, 5.41) is 4.02. The summed E-state index contributed by atoms with van der Waals surface area (Å²) in [6.45, 7) is 6.15. The quantitative estimate of drug-likeness (QED) is 0.852. The third-order valence-electron chi connectivity index (χ3n) is 3.99. The minimum Gasteiger partial charge on any atom is -0.341 e. The minimum absolute atomic E-state index is 0.240. The van der Waals surface area contributed by atoms with Crippen molar-refractivity contribution in [2.45, 2.75) is 44.3 Å². The first-order valence-corrected chi connectivity index (χ1v) is 8.47. The number of hydrogen-bond donors (Lipinski definition) is 1. The number of hydrogen-bond acceptors (Lipinski definition) is 3. The molecular weight excluding hydrogens is 244 g/mol. The summed E-state index contributed by atoms with van der Waals surface area (Å²) < 4.78 is 0. The SMILES string of the molecule is CCSC1CCCCN(C(=O)C2CCCNC2)C1. The lowest BCUT2D eigenvalue weighted by Crippen LogP contribution is -2.44. The van der Waals surface area contributed by atoms with Gasteiger partial charge in [0.15, 0.2) is 0 Å². The highest BCUT2D eigenvalue weighted by Gasteiger charge is 2.28. The van der Waals surface area contributed by atoms with Crippen LogP contribution >= 0.6 is 11.8 Å². The van der Waals surface area contributed by atoms with E-state index in [1.807, 2.05) is 11.8 Å². The third kappa shape index (κ3) is 3.89. The molecule has 1 N–H and O–H groups in total. The molecular formula is C14H26N2OS. The molecule has 0 spiro atoms. The molecule has 2 rings (SSSR count). The predicted octanol–water partition coefficient (Wildman–Crippen LogP) is 2.12. The largest absolute Gasteiger partial charge is 0.341 e. The molecule has 0 aromatic rings. The monoisotopic (exact) mass is 270 g/mol. The van der Waals surface area contributed by atoms with Crippen molar-refractivity contribution in [3.05, 3.63) is 0 Å². The number of nitrogens with one attached hydrogen (secondary N) is 1. The number of carbonyl (C=O) groups excluding carboxylic acids is 1. The Hall–Kier alpha value is -0.220. The summed E-state index contributed by atoms with van der Waals surface area (Å²) in [4.78, 5) is 14.7. The second kappa shape index (κ2) is 7.39. The highest BCUT2D eigenvalue weighted by molar-refractivity contribution is 7.99. The lowest BCUT2D eigenvalue weighted by Gasteiger charge is -2.30. The lowest BCUT2D eigenvalue weighted by atomic mass is 9.98. The molecule has 2 aliphatic rings. The average Bonchev–Trinajstić information content (AvgIpc) is 2.65. The van der Waals surface area contributed by atoms with E-state index >= 15 is 0 Å². The van der Waals surface area contributed by atoms with Gasteiger partial charge in [-0.3, -0.25) is 4.79 Å². The second-order valence-electron chi connectivity index (χ2n) is 5.40. The van der Waals surface area contributed by atoms with Gasteiger partial charge in [-0.15, -0.1) is 0 Å². The Labute approximate surface area is 115 Å². The highest BCUT2D eigenvalue weighted by Crippen LogP contribution is 2.24. The fraction of sp³-hybridized carbons (Fsp3) is 0.929. The van der Waals surface area contributed by atoms with Gasteiger partial charge >= 0.3 is 0 Å². The Morgan fingerprint density at radius 2 is 2.22 bits per heavy atom. The molecule has 0 bridgehead atoms. The number of amides is 1. The molecule has 2 saturated heterocycles. The lowest BCUT2D eigenvalue weighted by molar-refractivity contribution is -0.135. The van der Waals surface area contributed by atoms with Gasteiger partial charge in [-0.1, -0.05) is 13.3 Å². The topological polar surface area (TPSA) is 32.3 Å². The maximum atomic E-state index is 12.5. The van der Waals surface area contributed by atoms with Crippen molar-refractivity contribution in [1.82, 2.24) is 10.2 Å². The van der Waals surface area contributed by atoms with Crippen molar-refractivity contribution in [2.75, 3.05) is 31.9 Å². The minimum atomic E-state index is 0.240. The molecule has 2 aliphatic heterocycles. The summed E-state index contributed by atoms with van der Waals surface area (Å²) >= 11 is 2.02. The van der Waals surface area contributed by atoms with Crippen molar-refractivity contribution in [3.63, 3.8) is 0 Å². The zero-order valence-electron chi connectivity index (χ0n) is 11.5. The molecule has 0 aromatic heterocycles. The fourth-order valence-corrected chi connectivity index (χ4v) is 4.09. The summed E-state index contributed by atoms with van der Waals surface area (Å²) in [5.74, 6) is 1.81. The van der Waals surface area contributed by atoms with Crippen LogP contribution in [0.3, 0.4) is 0 Å². The summed E-state index contributed by atoms with van der Waals surface area (Å²) in [5.41, 5.74) is 0. The van der Waals surface area contributed by atoms with E-state index in [0.29, 0.717) is 11.2 Å². The Bertz CT molecular complexity index is 267. The molecule has 2 fully saturated rings. The zero-order chi connectivity index (χ0) is 12.8. The fourth-order valence-electron chi connectivity index (χ4n) is 3.00. The van der Waals surface area contributed by atoms with Crippen LogP contribution in [0.5, 0.6) is 0 Å². The molecule has 104 valence electrons. The van der Waals surface area contributed by atoms with Gasteiger partial charge in [0.2, 0.25) is 5.91 Å². The van der Waals surface area contributed by atoms with Crippen LogP contribution in [0.15, 0.2) is 0 Å². The molecule has 0 aromatic carbocycles. The molecule has 0 saturated carbocycles. The Kier molecular flexibility index (Phi) is 5.83. The van der Waals surface area contributed by atoms with Gasteiger partial charge in [0.05, 0.1) is 5.92 Å². The number of likely N-dealkylation sites (tertiary alicyclic amines) is 1. The van der Waals surface area contributed by atoms with E-state index in [1.165, 1.54) is 19.3 Å². The highest BCUT2D eigenvalue weighted by atomic mass is 32.2. The van der Waals surface area contributed by atoms with Crippen LogP contribution in [0.4, 0.5) is 0 Å². The summed E-state index contributed by atoms with van der Waals surface area (Å²) in [7, 11) is 0. The van der Waals surface area contributed by atoms with Crippen molar-refractivity contribution in [1.29, 1.82) is 0 Å². The van der Waals surface area contributed by atoms with Crippen LogP contribution in [-0.4, -0.2) is 48.0 Å². The number of thioether (sulfide) groups is 1. The van der Waals surface area contributed by atoms with Gasteiger partial charge in [0.25, 0.3) is 0 Å². The van der Waals surface area contributed by atoms with E-state index in [9.17, 15) is 4.79 Å². The molecule has 0 radical (unpaired) electrons. The molecule has 1 amide bonds.